The average Bonchev–Trinajstić information content (AvgIpc) is 2.45. The van der Waals surface area contributed by atoms with Crippen molar-refractivity contribution in [1.82, 2.24) is 10.2 Å². The maximum absolute atomic E-state index is 14.1. The lowest BCUT2D eigenvalue weighted by atomic mass is 9.87. The molecule has 6 nitrogen and oxygen atoms in total. The average molecular weight is 358 g/mol. The van der Waals surface area contributed by atoms with Crippen LogP contribution in [0, 0.1) is 0 Å². The van der Waals surface area contributed by atoms with Gasteiger partial charge in [0.25, 0.3) is 5.91 Å². The first-order valence-electron chi connectivity index (χ1n) is 7.54. The van der Waals surface area contributed by atoms with E-state index in [0.29, 0.717) is 19.5 Å². The van der Waals surface area contributed by atoms with Gasteiger partial charge in [-0.05, 0) is 33.7 Å². The largest absolute Gasteiger partial charge is 0.490 e. The van der Waals surface area contributed by atoms with Gasteiger partial charge in [-0.25, -0.2) is 9.18 Å². The van der Waals surface area contributed by atoms with Crippen LogP contribution in [0.1, 0.15) is 27.2 Å². The van der Waals surface area contributed by atoms with Gasteiger partial charge in [-0.3, -0.25) is 4.79 Å². The minimum absolute atomic E-state index is 0.0312. The van der Waals surface area contributed by atoms with E-state index < -0.39 is 30.0 Å². The number of halogens is 4. The molecule has 1 amide bonds. The van der Waals surface area contributed by atoms with Crippen LogP contribution in [0.4, 0.5) is 17.6 Å². The highest BCUT2D eigenvalue weighted by atomic mass is 19.4. The number of ether oxygens (including phenoxy) is 1. The first kappa shape index (κ1) is 20.6. The van der Waals surface area contributed by atoms with Crippen molar-refractivity contribution < 1.29 is 37.0 Å². The van der Waals surface area contributed by atoms with Crippen molar-refractivity contribution in [1.29, 1.82) is 0 Å². The van der Waals surface area contributed by atoms with Crippen molar-refractivity contribution in [3.63, 3.8) is 0 Å². The van der Waals surface area contributed by atoms with E-state index in [1.165, 1.54) is 0 Å². The Kier molecular flexibility index (Phi) is 6.57. The highest BCUT2D eigenvalue weighted by Gasteiger charge is 2.50. The van der Waals surface area contributed by atoms with E-state index >= 15 is 0 Å². The molecule has 2 fully saturated rings. The first-order chi connectivity index (χ1) is 10.9. The number of carboxylic acid groups (broad SMARTS) is 1. The van der Waals surface area contributed by atoms with Gasteiger partial charge in [-0.15, -0.1) is 0 Å². The zero-order valence-corrected chi connectivity index (χ0v) is 13.7. The molecule has 2 aliphatic heterocycles. The summed E-state index contributed by atoms with van der Waals surface area (Å²) in [7, 11) is 0. The van der Waals surface area contributed by atoms with Crippen LogP contribution in [0.15, 0.2) is 0 Å². The highest BCUT2D eigenvalue weighted by Crippen LogP contribution is 2.33. The molecule has 2 saturated heterocycles. The molecule has 2 N–H and O–H groups in total. The Hall–Kier alpha value is -1.42. The van der Waals surface area contributed by atoms with E-state index in [-0.39, 0.29) is 11.9 Å². The van der Waals surface area contributed by atoms with E-state index in [1.54, 1.807) is 11.8 Å². The van der Waals surface area contributed by atoms with Crippen molar-refractivity contribution in [2.75, 3.05) is 19.6 Å². The number of amides is 1. The zero-order valence-electron chi connectivity index (χ0n) is 13.7. The van der Waals surface area contributed by atoms with Crippen molar-refractivity contribution in [3.8, 4) is 0 Å². The van der Waals surface area contributed by atoms with Crippen LogP contribution in [0.5, 0.6) is 0 Å². The molecule has 0 unspecified atom stereocenters. The zero-order chi connectivity index (χ0) is 18.7. The second kappa shape index (κ2) is 7.64. The lowest BCUT2D eigenvalue weighted by Gasteiger charge is -2.49. The molecule has 3 atom stereocenters. The number of carboxylic acids is 1. The predicted molar refractivity (Wildman–Crippen MR) is 76.2 cm³/mol. The summed E-state index contributed by atoms with van der Waals surface area (Å²) in [6.07, 6.45) is -6.05. The molecular weight excluding hydrogens is 336 g/mol. The van der Waals surface area contributed by atoms with Crippen LogP contribution >= 0.6 is 0 Å². The standard InChI is InChI=1S/C12H21FN2O2.C2HF3O2/c1-8(2)15-7-12(17-9(3)11(15)16)4-5-14-6-10(12)13;3-2(4,5)1(6)7/h8-10,14H,4-7H2,1-3H3;(H,6,7)/t9-,10-,12-;/m1./s1. The fourth-order valence-corrected chi connectivity index (χ4v) is 2.66. The van der Waals surface area contributed by atoms with Gasteiger partial charge in [0.15, 0.2) is 0 Å². The molecule has 0 bridgehead atoms. The van der Waals surface area contributed by atoms with Gasteiger partial charge < -0.3 is 20.1 Å². The predicted octanol–water partition coefficient (Wildman–Crippen LogP) is 1.35. The fourth-order valence-electron chi connectivity index (χ4n) is 2.66. The van der Waals surface area contributed by atoms with Gasteiger partial charge in [0.2, 0.25) is 0 Å². The molecule has 2 heterocycles. The minimum Gasteiger partial charge on any atom is -0.475 e. The Bertz CT molecular complexity index is 472. The summed E-state index contributed by atoms with van der Waals surface area (Å²) in [6.45, 7) is 7.06. The molecule has 0 aromatic rings. The number of nitrogens with zero attached hydrogens (tertiary/aromatic N) is 1. The summed E-state index contributed by atoms with van der Waals surface area (Å²) in [5.74, 6) is -2.79. The number of nitrogens with one attached hydrogen (secondary N) is 1. The van der Waals surface area contributed by atoms with Gasteiger partial charge in [-0.1, -0.05) is 0 Å². The molecule has 2 aliphatic rings. The van der Waals surface area contributed by atoms with Gasteiger partial charge >= 0.3 is 12.1 Å². The molecule has 0 radical (unpaired) electrons. The Morgan fingerprint density at radius 3 is 2.42 bits per heavy atom. The number of morpholine rings is 1. The Balaban J connectivity index is 0.000000351. The topological polar surface area (TPSA) is 78.9 Å². The number of hydrogen-bond acceptors (Lipinski definition) is 4. The molecule has 0 saturated carbocycles. The maximum Gasteiger partial charge on any atom is 0.490 e. The quantitative estimate of drug-likeness (QED) is 0.692. The van der Waals surface area contributed by atoms with Crippen LogP contribution in [0.2, 0.25) is 0 Å². The molecule has 2 rings (SSSR count). The van der Waals surface area contributed by atoms with Crippen LogP contribution < -0.4 is 5.32 Å². The molecule has 24 heavy (non-hydrogen) atoms. The number of hydrogen-bond donors (Lipinski definition) is 2. The normalized spacial score (nSPS) is 31.0. The Labute approximate surface area is 137 Å². The summed E-state index contributed by atoms with van der Waals surface area (Å²) < 4.78 is 51.6. The summed E-state index contributed by atoms with van der Waals surface area (Å²) in [5.41, 5.74) is -0.803. The first-order valence-corrected chi connectivity index (χ1v) is 7.54. The summed E-state index contributed by atoms with van der Waals surface area (Å²) in [6, 6.07) is 0.0906. The van der Waals surface area contributed by atoms with E-state index in [2.05, 4.69) is 5.32 Å². The molecule has 0 aliphatic carbocycles. The molecule has 0 aromatic carbocycles. The van der Waals surface area contributed by atoms with E-state index in [0.717, 1.165) is 6.54 Å². The van der Waals surface area contributed by atoms with Gasteiger partial charge in [0.05, 0.1) is 6.54 Å². The number of rotatable bonds is 1. The Morgan fingerprint density at radius 2 is 2.00 bits per heavy atom. The number of alkyl halides is 4. The van der Waals surface area contributed by atoms with Crippen LogP contribution in [0.25, 0.3) is 0 Å². The van der Waals surface area contributed by atoms with Crippen molar-refractivity contribution in [2.45, 2.75) is 57.3 Å². The van der Waals surface area contributed by atoms with E-state index in [4.69, 9.17) is 14.6 Å². The minimum atomic E-state index is -5.08. The smallest absolute Gasteiger partial charge is 0.475 e. The number of piperidine rings is 1. The van der Waals surface area contributed by atoms with Gasteiger partial charge in [0.1, 0.15) is 17.9 Å². The van der Waals surface area contributed by atoms with Crippen molar-refractivity contribution in [3.05, 3.63) is 0 Å². The third kappa shape index (κ3) is 4.79. The summed E-state index contributed by atoms with van der Waals surface area (Å²) >= 11 is 0. The second-order valence-electron chi connectivity index (χ2n) is 6.11. The number of carbonyl (C=O) groups is 2. The monoisotopic (exact) mass is 358 g/mol. The Morgan fingerprint density at radius 1 is 1.46 bits per heavy atom. The number of aliphatic carboxylic acids is 1. The van der Waals surface area contributed by atoms with Crippen LogP contribution in [-0.2, 0) is 14.3 Å². The van der Waals surface area contributed by atoms with E-state index in [9.17, 15) is 22.4 Å². The summed E-state index contributed by atoms with van der Waals surface area (Å²) in [4.78, 5) is 22.6. The number of carbonyl (C=O) groups excluding carboxylic acids is 1. The molecule has 140 valence electrons. The third-order valence-corrected chi connectivity index (χ3v) is 3.97. The van der Waals surface area contributed by atoms with Gasteiger partial charge in [0, 0.05) is 12.6 Å². The second-order valence-corrected chi connectivity index (χ2v) is 6.11. The van der Waals surface area contributed by atoms with Crippen LogP contribution in [-0.4, -0.2) is 71.6 Å². The van der Waals surface area contributed by atoms with Crippen molar-refractivity contribution in [2.24, 2.45) is 0 Å². The van der Waals surface area contributed by atoms with Crippen molar-refractivity contribution >= 4 is 11.9 Å². The lowest BCUT2D eigenvalue weighted by molar-refractivity contribution is -0.203. The maximum atomic E-state index is 14.1. The molecule has 10 heteroatoms. The highest BCUT2D eigenvalue weighted by molar-refractivity contribution is 5.81. The van der Waals surface area contributed by atoms with Gasteiger partial charge in [-0.2, -0.15) is 13.2 Å². The molecular formula is C14H22F4N2O4. The summed E-state index contributed by atoms with van der Waals surface area (Å²) in [5, 5.41) is 10.1. The van der Waals surface area contributed by atoms with E-state index in [1.807, 2.05) is 13.8 Å². The molecule has 0 aromatic heterocycles. The van der Waals surface area contributed by atoms with Crippen LogP contribution in [0.3, 0.4) is 0 Å². The lowest BCUT2D eigenvalue weighted by Crippen LogP contribution is -2.67. The molecule has 1 spiro atoms. The SMILES string of the molecule is CC(C)N1C[C@@]2(CCNC[C@H]2F)O[C@H](C)C1=O.O=C(O)C(F)(F)F. The fraction of sp³-hybridized carbons (Fsp3) is 0.857. The third-order valence-electron chi connectivity index (χ3n) is 3.97.